The molecule has 130 valence electrons. The van der Waals surface area contributed by atoms with Gasteiger partial charge >= 0.3 is 0 Å². The molecule has 0 saturated heterocycles. The van der Waals surface area contributed by atoms with Crippen molar-refractivity contribution in [2.24, 2.45) is 17.3 Å². The van der Waals surface area contributed by atoms with Crippen LogP contribution in [-0.2, 0) is 19.4 Å². The molecule has 0 bridgehead atoms. The van der Waals surface area contributed by atoms with Crippen LogP contribution in [0.3, 0.4) is 0 Å². The molecule has 1 saturated carbocycles. The molecule has 24 heavy (non-hydrogen) atoms. The van der Waals surface area contributed by atoms with Crippen LogP contribution in [-0.4, -0.2) is 32.0 Å². The van der Waals surface area contributed by atoms with Crippen LogP contribution >= 0.6 is 11.6 Å². The summed E-state index contributed by atoms with van der Waals surface area (Å²) in [4.78, 5) is 37.7. The van der Waals surface area contributed by atoms with Crippen LogP contribution in [0.4, 0.5) is 0 Å². The van der Waals surface area contributed by atoms with Crippen molar-refractivity contribution in [3.8, 4) is 0 Å². The highest BCUT2D eigenvalue weighted by Gasteiger charge is 2.49. The summed E-state index contributed by atoms with van der Waals surface area (Å²) in [6.07, 6.45) is 1.42. The van der Waals surface area contributed by atoms with E-state index in [0.717, 1.165) is 12.3 Å². The van der Waals surface area contributed by atoms with Crippen molar-refractivity contribution in [3.05, 3.63) is 28.8 Å². The summed E-state index contributed by atoms with van der Waals surface area (Å²) in [6.45, 7) is 5.13. The highest BCUT2D eigenvalue weighted by molar-refractivity contribution is 7.90. The number of rotatable bonds is 3. The molecule has 0 heterocycles. The first-order chi connectivity index (χ1) is 10.9. The first-order valence-corrected chi connectivity index (χ1v) is 9.75. The maximum Gasteiger partial charge on any atom is 0.182 e. The fourth-order valence-corrected chi connectivity index (χ4v) is 4.09. The van der Waals surface area contributed by atoms with Crippen molar-refractivity contribution in [1.82, 2.24) is 0 Å². The van der Waals surface area contributed by atoms with Crippen LogP contribution in [0.5, 0.6) is 0 Å². The second kappa shape index (κ2) is 6.08. The molecule has 0 amide bonds. The molecule has 7 heteroatoms. The van der Waals surface area contributed by atoms with Gasteiger partial charge in [-0.2, -0.15) is 0 Å². The maximum atomic E-state index is 12.8. The van der Waals surface area contributed by atoms with E-state index in [4.69, 9.17) is 11.6 Å². The zero-order valence-corrected chi connectivity index (χ0v) is 15.5. The average Bonchev–Trinajstić information content (AvgIpc) is 2.44. The van der Waals surface area contributed by atoms with Gasteiger partial charge in [0.05, 0.1) is 9.92 Å². The van der Waals surface area contributed by atoms with Gasteiger partial charge in [-0.25, -0.2) is 8.42 Å². The quantitative estimate of drug-likeness (QED) is 0.603. The van der Waals surface area contributed by atoms with Crippen LogP contribution in [0.25, 0.3) is 0 Å². The molecule has 2 unspecified atom stereocenters. The van der Waals surface area contributed by atoms with Gasteiger partial charge in [-0.15, -0.1) is 0 Å². The Morgan fingerprint density at radius 2 is 1.83 bits per heavy atom. The molecule has 2 rings (SSSR count). The first-order valence-electron chi connectivity index (χ1n) is 7.48. The molecular weight excluding hydrogens is 352 g/mol. The summed E-state index contributed by atoms with van der Waals surface area (Å²) in [5, 5.41) is -0.0837. The fourth-order valence-electron chi connectivity index (χ4n) is 3.10. The minimum Gasteiger partial charge on any atom is -0.298 e. The number of benzene rings is 1. The van der Waals surface area contributed by atoms with Crippen molar-refractivity contribution in [3.63, 3.8) is 0 Å². The van der Waals surface area contributed by atoms with E-state index in [9.17, 15) is 22.8 Å². The van der Waals surface area contributed by atoms with E-state index in [1.54, 1.807) is 20.8 Å². The van der Waals surface area contributed by atoms with Gasteiger partial charge in [0.15, 0.2) is 27.2 Å². The van der Waals surface area contributed by atoms with Crippen molar-refractivity contribution < 1.29 is 22.8 Å². The second-order valence-corrected chi connectivity index (χ2v) is 9.39. The lowest BCUT2D eigenvalue weighted by molar-refractivity contribution is -0.143. The van der Waals surface area contributed by atoms with Gasteiger partial charge in [0.25, 0.3) is 0 Å². The highest BCUT2D eigenvalue weighted by Crippen LogP contribution is 2.38. The lowest BCUT2D eigenvalue weighted by Crippen LogP contribution is -2.48. The van der Waals surface area contributed by atoms with E-state index in [2.05, 4.69) is 0 Å². The molecule has 1 aliphatic rings. The Bertz CT molecular complexity index is 839. The van der Waals surface area contributed by atoms with E-state index in [1.165, 1.54) is 12.1 Å². The normalized spacial score (nSPS) is 24.0. The van der Waals surface area contributed by atoms with Crippen molar-refractivity contribution in [1.29, 1.82) is 0 Å². The number of sulfone groups is 1. The van der Waals surface area contributed by atoms with Crippen LogP contribution in [0.1, 0.15) is 37.6 Å². The van der Waals surface area contributed by atoms with E-state index in [0.29, 0.717) is 6.42 Å². The van der Waals surface area contributed by atoms with Gasteiger partial charge < -0.3 is 0 Å². The number of hydrogen-bond acceptors (Lipinski definition) is 5. The number of halogens is 1. The van der Waals surface area contributed by atoms with E-state index >= 15 is 0 Å². The average molecular weight is 371 g/mol. The standard InChI is InChI=1S/C17H19ClO5S/c1-9-8-17(2,3)16(21)13(14(9)19)15(20)11-6-5-10(7-12(11)18)24(4,22)23/h5-7,9,13H,8H2,1-4H3. The molecule has 0 radical (unpaired) electrons. The molecule has 2 atom stereocenters. The number of Topliss-reactive ketones (excluding diaryl/α,β-unsaturated/α-hetero) is 3. The lowest BCUT2D eigenvalue weighted by Gasteiger charge is -2.35. The van der Waals surface area contributed by atoms with Crippen molar-refractivity contribution in [2.75, 3.05) is 6.26 Å². The topological polar surface area (TPSA) is 85.3 Å². The minimum atomic E-state index is -3.47. The predicted molar refractivity (Wildman–Crippen MR) is 90.0 cm³/mol. The van der Waals surface area contributed by atoms with Crippen molar-refractivity contribution in [2.45, 2.75) is 32.1 Å². The van der Waals surface area contributed by atoms with Gasteiger partial charge in [0.1, 0.15) is 5.92 Å². The summed E-state index contributed by atoms with van der Waals surface area (Å²) in [5.41, 5.74) is -0.784. The minimum absolute atomic E-state index is 0.0133. The van der Waals surface area contributed by atoms with Crippen LogP contribution < -0.4 is 0 Å². The predicted octanol–water partition coefficient (Wildman–Crippen LogP) is 2.75. The molecule has 1 fully saturated rings. The van der Waals surface area contributed by atoms with Crippen LogP contribution in [0.2, 0.25) is 5.02 Å². The van der Waals surface area contributed by atoms with Gasteiger partial charge in [0, 0.05) is 23.2 Å². The zero-order chi connectivity index (χ0) is 18.4. The van der Waals surface area contributed by atoms with E-state index in [-0.39, 0.29) is 15.5 Å². The van der Waals surface area contributed by atoms with Gasteiger partial charge in [0.2, 0.25) is 0 Å². The number of carbonyl (C=O) groups is 3. The number of carbonyl (C=O) groups excluding carboxylic acids is 3. The molecule has 1 aromatic carbocycles. The zero-order valence-electron chi connectivity index (χ0n) is 13.9. The Morgan fingerprint density at radius 3 is 2.33 bits per heavy atom. The van der Waals surface area contributed by atoms with Crippen LogP contribution in [0.15, 0.2) is 23.1 Å². The summed E-state index contributed by atoms with van der Waals surface area (Å²) in [5.74, 6) is -3.29. The van der Waals surface area contributed by atoms with Gasteiger partial charge in [-0.3, -0.25) is 14.4 Å². The highest BCUT2D eigenvalue weighted by atomic mass is 35.5. The monoisotopic (exact) mass is 370 g/mol. The Kier molecular flexibility index (Phi) is 4.76. The molecule has 1 aromatic rings. The summed E-state index contributed by atoms with van der Waals surface area (Å²) in [6, 6.07) is 3.67. The van der Waals surface area contributed by atoms with Gasteiger partial charge in [-0.1, -0.05) is 32.4 Å². The smallest absolute Gasteiger partial charge is 0.182 e. The SMILES string of the molecule is CC1CC(C)(C)C(=O)C(C(=O)c2ccc(S(C)(=O)=O)cc2Cl)C1=O. The Balaban J connectivity index is 2.48. The third-order valence-electron chi connectivity index (χ3n) is 4.41. The molecule has 1 aliphatic carbocycles. The van der Waals surface area contributed by atoms with E-state index in [1.807, 2.05) is 0 Å². The Labute approximate surface area is 146 Å². The molecule has 0 aliphatic heterocycles. The number of ketones is 3. The Morgan fingerprint density at radius 1 is 1.25 bits per heavy atom. The first kappa shape index (κ1) is 18.8. The fraction of sp³-hybridized carbons (Fsp3) is 0.471. The molecule has 0 aromatic heterocycles. The Hall–Kier alpha value is -1.53. The second-order valence-electron chi connectivity index (χ2n) is 6.97. The molecule has 0 spiro atoms. The lowest BCUT2D eigenvalue weighted by atomic mass is 9.64. The van der Waals surface area contributed by atoms with Crippen molar-refractivity contribution >= 4 is 38.8 Å². The maximum absolute atomic E-state index is 12.8. The summed E-state index contributed by atoms with van der Waals surface area (Å²) >= 11 is 6.04. The third-order valence-corrected chi connectivity index (χ3v) is 5.84. The summed E-state index contributed by atoms with van der Waals surface area (Å²) < 4.78 is 23.1. The molecular formula is C17H19ClO5S. The number of hydrogen-bond donors (Lipinski definition) is 0. The van der Waals surface area contributed by atoms with Gasteiger partial charge in [-0.05, 0) is 24.6 Å². The van der Waals surface area contributed by atoms with Crippen LogP contribution in [0, 0.1) is 17.3 Å². The summed E-state index contributed by atoms with van der Waals surface area (Å²) in [7, 11) is -3.47. The molecule has 0 N–H and O–H groups in total. The third kappa shape index (κ3) is 3.30. The largest absolute Gasteiger partial charge is 0.298 e. The van der Waals surface area contributed by atoms with E-state index < -0.39 is 44.4 Å². The molecule has 5 nitrogen and oxygen atoms in total.